The zero-order valence-electron chi connectivity index (χ0n) is 16.5. The summed E-state index contributed by atoms with van der Waals surface area (Å²) in [6, 6.07) is 15.2. The van der Waals surface area contributed by atoms with Gasteiger partial charge in [0.05, 0.1) is 5.56 Å². The summed E-state index contributed by atoms with van der Waals surface area (Å²) >= 11 is 0. The Labute approximate surface area is 177 Å². The van der Waals surface area contributed by atoms with Crippen LogP contribution in [0.3, 0.4) is 0 Å². The van der Waals surface area contributed by atoms with Gasteiger partial charge in [0.2, 0.25) is 0 Å². The second kappa shape index (κ2) is 6.73. The molecule has 0 amide bonds. The molecule has 0 spiro atoms. The highest BCUT2D eigenvalue weighted by Gasteiger charge is 2.24. The molecule has 5 aromatic rings. The van der Waals surface area contributed by atoms with Crippen molar-refractivity contribution < 1.29 is 4.39 Å². The first-order valence-corrected chi connectivity index (χ1v) is 10.1. The van der Waals surface area contributed by atoms with E-state index in [0.717, 1.165) is 23.2 Å². The first kappa shape index (κ1) is 17.8. The fourth-order valence-corrected chi connectivity index (χ4v) is 4.19. The lowest BCUT2D eigenvalue weighted by Crippen LogP contribution is -2.04. The minimum absolute atomic E-state index is 0.371. The molecular weight excluding hydrogens is 393 g/mol. The van der Waals surface area contributed by atoms with Gasteiger partial charge in [-0.3, -0.25) is 4.57 Å². The van der Waals surface area contributed by atoms with Crippen LogP contribution >= 0.6 is 0 Å². The Kier molecular flexibility index (Phi) is 3.86. The molecule has 2 N–H and O–H groups in total. The normalized spacial score (nSPS) is 15.5. The van der Waals surface area contributed by atoms with Gasteiger partial charge < -0.3 is 5.73 Å². The molecule has 1 atom stereocenters. The van der Waals surface area contributed by atoms with Crippen LogP contribution in [0, 0.1) is 0 Å². The molecular formula is C23H18FN7. The SMILES string of the molecule is Nc1ncccc1-c1nc2ccc(-n3cccn3)nc2n1-c1ccc2c(c1)C(F)CC2. The number of alkyl halides is 1. The number of imidazole rings is 1. The third-order valence-electron chi connectivity index (χ3n) is 5.70. The van der Waals surface area contributed by atoms with Crippen molar-refractivity contribution in [1.82, 2.24) is 29.3 Å². The van der Waals surface area contributed by atoms with Crippen LogP contribution in [0.5, 0.6) is 0 Å². The topological polar surface area (TPSA) is 87.4 Å². The van der Waals surface area contributed by atoms with Gasteiger partial charge in [-0.15, -0.1) is 0 Å². The standard InChI is InChI=1S/C23H18FN7/c24-18-7-5-14-4-6-15(13-17(14)18)31-22(16-3-1-10-26-21(16)25)28-19-8-9-20(29-23(19)31)30-12-2-11-27-30/h1-4,6,8-13,18H,5,7H2,(H2,25,26). The smallest absolute Gasteiger partial charge is 0.167 e. The summed E-state index contributed by atoms with van der Waals surface area (Å²) in [5.74, 6) is 1.64. The van der Waals surface area contributed by atoms with Crippen molar-refractivity contribution in [3.63, 3.8) is 0 Å². The predicted octanol–water partition coefficient (Wildman–Crippen LogP) is 4.21. The minimum atomic E-state index is -0.954. The fourth-order valence-electron chi connectivity index (χ4n) is 4.19. The highest BCUT2D eigenvalue weighted by atomic mass is 19.1. The molecule has 1 aromatic carbocycles. The van der Waals surface area contributed by atoms with Gasteiger partial charge in [0, 0.05) is 24.3 Å². The van der Waals surface area contributed by atoms with Crippen LogP contribution in [0.25, 0.3) is 34.1 Å². The van der Waals surface area contributed by atoms with Gasteiger partial charge in [0.25, 0.3) is 0 Å². The predicted molar refractivity (Wildman–Crippen MR) is 116 cm³/mol. The van der Waals surface area contributed by atoms with Crippen LogP contribution in [0.4, 0.5) is 10.2 Å². The molecule has 4 aromatic heterocycles. The molecule has 0 aliphatic heterocycles. The monoisotopic (exact) mass is 411 g/mol. The summed E-state index contributed by atoms with van der Waals surface area (Å²) < 4.78 is 18.1. The van der Waals surface area contributed by atoms with Crippen molar-refractivity contribution in [2.24, 2.45) is 0 Å². The van der Waals surface area contributed by atoms with E-state index in [1.807, 2.05) is 59.3 Å². The van der Waals surface area contributed by atoms with Crippen molar-refractivity contribution in [3.8, 4) is 22.9 Å². The number of aryl methyl sites for hydroxylation is 1. The fraction of sp³-hybridized carbons (Fsp3) is 0.130. The number of nitrogens with two attached hydrogens (primary N) is 1. The lowest BCUT2D eigenvalue weighted by molar-refractivity contribution is 0.344. The maximum absolute atomic E-state index is 14.5. The van der Waals surface area contributed by atoms with Gasteiger partial charge in [-0.05, 0) is 66.4 Å². The van der Waals surface area contributed by atoms with Crippen LogP contribution in [-0.2, 0) is 6.42 Å². The second-order valence-electron chi connectivity index (χ2n) is 7.56. The van der Waals surface area contributed by atoms with E-state index in [1.165, 1.54) is 0 Å². The molecule has 0 bridgehead atoms. The van der Waals surface area contributed by atoms with Gasteiger partial charge in [-0.1, -0.05) is 6.07 Å². The van der Waals surface area contributed by atoms with Crippen LogP contribution in [-0.4, -0.2) is 29.3 Å². The number of rotatable bonds is 3. The average Bonchev–Trinajstić information content (AvgIpc) is 3.52. The average molecular weight is 411 g/mol. The third-order valence-corrected chi connectivity index (χ3v) is 5.70. The Hall–Kier alpha value is -4.07. The maximum Gasteiger partial charge on any atom is 0.167 e. The number of nitrogen functional groups attached to an aromatic ring is 1. The van der Waals surface area contributed by atoms with Gasteiger partial charge in [-0.2, -0.15) is 5.10 Å². The minimum Gasteiger partial charge on any atom is -0.383 e. The van der Waals surface area contributed by atoms with E-state index in [0.29, 0.717) is 40.6 Å². The van der Waals surface area contributed by atoms with Gasteiger partial charge >= 0.3 is 0 Å². The van der Waals surface area contributed by atoms with E-state index in [1.54, 1.807) is 17.1 Å². The van der Waals surface area contributed by atoms with Crippen molar-refractivity contribution in [3.05, 3.63) is 78.2 Å². The second-order valence-corrected chi connectivity index (χ2v) is 7.56. The number of aromatic nitrogens is 6. The van der Waals surface area contributed by atoms with Gasteiger partial charge in [0.15, 0.2) is 17.3 Å². The molecule has 152 valence electrons. The molecule has 8 heteroatoms. The number of fused-ring (bicyclic) bond motifs is 2. The van der Waals surface area contributed by atoms with Gasteiger partial charge in [0.1, 0.15) is 17.5 Å². The summed E-state index contributed by atoms with van der Waals surface area (Å²) in [5, 5.41) is 4.28. The van der Waals surface area contributed by atoms with E-state index in [4.69, 9.17) is 15.7 Å². The van der Waals surface area contributed by atoms with Crippen molar-refractivity contribution in [1.29, 1.82) is 0 Å². The quantitative estimate of drug-likeness (QED) is 0.481. The molecule has 7 nitrogen and oxygen atoms in total. The van der Waals surface area contributed by atoms with Crippen LogP contribution < -0.4 is 5.73 Å². The number of benzene rings is 1. The summed E-state index contributed by atoms with van der Waals surface area (Å²) in [7, 11) is 0. The number of hydrogen-bond acceptors (Lipinski definition) is 5. The number of pyridine rings is 2. The number of nitrogens with zero attached hydrogens (tertiary/aromatic N) is 6. The molecule has 0 saturated heterocycles. The molecule has 0 radical (unpaired) electrons. The van der Waals surface area contributed by atoms with Gasteiger partial charge in [-0.25, -0.2) is 24.0 Å². The molecule has 0 fully saturated rings. The molecule has 6 rings (SSSR count). The lowest BCUT2D eigenvalue weighted by atomic mass is 10.1. The first-order valence-electron chi connectivity index (χ1n) is 10.1. The van der Waals surface area contributed by atoms with Crippen molar-refractivity contribution in [2.45, 2.75) is 19.0 Å². The highest BCUT2D eigenvalue weighted by Crippen LogP contribution is 2.37. The number of halogens is 1. The van der Waals surface area contributed by atoms with Crippen LogP contribution in [0.15, 0.2) is 67.1 Å². The molecule has 1 aliphatic carbocycles. The summed E-state index contributed by atoms with van der Waals surface area (Å²) in [6.07, 6.45) is 5.50. The highest BCUT2D eigenvalue weighted by molar-refractivity contribution is 5.83. The van der Waals surface area contributed by atoms with E-state index in [2.05, 4.69) is 10.1 Å². The molecule has 4 heterocycles. The van der Waals surface area contributed by atoms with Crippen molar-refractivity contribution in [2.75, 3.05) is 5.73 Å². The Morgan fingerprint density at radius 3 is 2.81 bits per heavy atom. The summed E-state index contributed by atoms with van der Waals surface area (Å²) in [6.45, 7) is 0. The largest absolute Gasteiger partial charge is 0.383 e. The summed E-state index contributed by atoms with van der Waals surface area (Å²) in [4.78, 5) is 13.9. The number of anilines is 1. The Bertz CT molecular complexity index is 1420. The van der Waals surface area contributed by atoms with E-state index < -0.39 is 6.17 Å². The lowest BCUT2D eigenvalue weighted by Gasteiger charge is -2.12. The van der Waals surface area contributed by atoms with Crippen LogP contribution in [0.1, 0.15) is 23.7 Å². The maximum atomic E-state index is 14.5. The number of hydrogen-bond donors (Lipinski definition) is 1. The zero-order chi connectivity index (χ0) is 20.9. The van der Waals surface area contributed by atoms with E-state index in [9.17, 15) is 4.39 Å². The third kappa shape index (κ3) is 2.79. The Morgan fingerprint density at radius 2 is 1.97 bits per heavy atom. The molecule has 1 aliphatic rings. The van der Waals surface area contributed by atoms with Crippen molar-refractivity contribution >= 4 is 17.0 Å². The van der Waals surface area contributed by atoms with E-state index >= 15 is 0 Å². The van der Waals surface area contributed by atoms with Crippen LogP contribution in [0.2, 0.25) is 0 Å². The molecule has 0 saturated carbocycles. The summed E-state index contributed by atoms with van der Waals surface area (Å²) in [5.41, 5.74) is 10.8. The van der Waals surface area contributed by atoms with E-state index in [-0.39, 0.29) is 0 Å². The Balaban J connectivity index is 1.65. The molecule has 1 unspecified atom stereocenters. The zero-order valence-corrected chi connectivity index (χ0v) is 16.5. The first-order chi connectivity index (χ1) is 15.2. The molecule has 31 heavy (non-hydrogen) atoms. The Morgan fingerprint density at radius 1 is 1.03 bits per heavy atom.